The SMILES string of the molecule is CCc1ccccc1N1CC(c2nc3ccccc3n2CCCOc2c(C)cccc2C)CC1=O.[Cl-]. The molecule has 188 valence electrons. The number of aromatic nitrogens is 2. The van der Waals surface area contributed by atoms with Crippen LogP contribution in [-0.2, 0) is 17.8 Å². The Kier molecular flexibility index (Phi) is 8.00. The van der Waals surface area contributed by atoms with Crippen molar-refractivity contribution in [1.82, 2.24) is 9.55 Å². The molecule has 1 aromatic heterocycles. The zero-order chi connectivity index (χ0) is 24.4. The molecule has 0 N–H and O–H groups in total. The third-order valence-corrected chi connectivity index (χ3v) is 7.02. The van der Waals surface area contributed by atoms with E-state index in [9.17, 15) is 4.79 Å². The minimum Gasteiger partial charge on any atom is -1.00 e. The van der Waals surface area contributed by atoms with Gasteiger partial charge in [0.2, 0.25) is 5.91 Å². The number of halogens is 1. The molecule has 1 atom stereocenters. The summed E-state index contributed by atoms with van der Waals surface area (Å²) in [6.07, 6.45) is 2.26. The fourth-order valence-electron chi connectivity index (χ4n) is 5.25. The molecule has 4 aromatic rings. The average Bonchev–Trinajstić information content (AvgIpc) is 3.43. The highest BCUT2D eigenvalue weighted by atomic mass is 35.5. The van der Waals surface area contributed by atoms with Crippen LogP contribution >= 0.6 is 0 Å². The van der Waals surface area contributed by atoms with E-state index < -0.39 is 0 Å². The zero-order valence-electron chi connectivity index (χ0n) is 21.2. The van der Waals surface area contributed by atoms with Crippen LogP contribution in [0.1, 0.15) is 48.2 Å². The van der Waals surface area contributed by atoms with E-state index in [-0.39, 0.29) is 24.2 Å². The standard InChI is InChI=1S/C30H33N3O2.ClH/c1-4-23-13-5-7-15-26(23)33-20-24(19-28(33)34)30-31-25-14-6-8-16-27(25)32(30)17-10-18-35-29-21(2)11-9-12-22(29)3;/h5-9,11-16,24H,4,10,17-20H2,1-3H3;1H/p-1. The van der Waals surface area contributed by atoms with Gasteiger partial charge in [0.1, 0.15) is 11.6 Å². The van der Waals surface area contributed by atoms with Gasteiger partial charge in [-0.15, -0.1) is 0 Å². The molecule has 1 unspecified atom stereocenters. The highest BCUT2D eigenvalue weighted by molar-refractivity contribution is 5.97. The lowest BCUT2D eigenvalue weighted by molar-refractivity contribution is -0.117. The van der Waals surface area contributed by atoms with Crippen molar-refractivity contribution < 1.29 is 21.9 Å². The minimum atomic E-state index is 0. The molecular formula is C30H33ClN3O2-. The number of aryl methyl sites for hydroxylation is 4. The average molecular weight is 503 g/mol. The van der Waals surface area contributed by atoms with E-state index in [1.807, 2.05) is 23.1 Å². The van der Waals surface area contributed by atoms with E-state index in [0.717, 1.165) is 58.8 Å². The number of hydrogen-bond donors (Lipinski definition) is 0. The van der Waals surface area contributed by atoms with E-state index in [1.165, 1.54) is 5.56 Å². The van der Waals surface area contributed by atoms with Gasteiger partial charge in [0.25, 0.3) is 0 Å². The van der Waals surface area contributed by atoms with Crippen molar-refractivity contribution in [3.05, 3.63) is 89.2 Å². The van der Waals surface area contributed by atoms with E-state index in [4.69, 9.17) is 9.72 Å². The maximum Gasteiger partial charge on any atom is 0.227 e. The quantitative estimate of drug-likeness (QED) is 0.348. The lowest BCUT2D eigenvalue weighted by Gasteiger charge is -2.20. The van der Waals surface area contributed by atoms with Gasteiger partial charge >= 0.3 is 0 Å². The normalized spacial score (nSPS) is 15.4. The van der Waals surface area contributed by atoms with Crippen LogP contribution in [0.3, 0.4) is 0 Å². The van der Waals surface area contributed by atoms with Crippen LogP contribution in [0.15, 0.2) is 66.7 Å². The number of ether oxygens (including phenoxy) is 1. The molecule has 2 heterocycles. The predicted octanol–water partition coefficient (Wildman–Crippen LogP) is 3.21. The van der Waals surface area contributed by atoms with E-state index >= 15 is 0 Å². The zero-order valence-corrected chi connectivity index (χ0v) is 22.0. The first-order chi connectivity index (χ1) is 17.1. The van der Waals surface area contributed by atoms with Crippen LogP contribution in [0, 0.1) is 13.8 Å². The van der Waals surface area contributed by atoms with Gasteiger partial charge in [0.05, 0.1) is 17.6 Å². The Morgan fingerprint density at radius 2 is 1.69 bits per heavy atom. The van der Waals surface area contributed by atoms with Crippen molar-refractivity contribution in [2.45, 2.75) is 52.5 Å². The number of nitrogens with zero attached hydrogens (tertiary/aromatic N) is 3. The van der Waals surface area contributed by atoms with Crippen molar-refractivity contribution in [2.75, 3.05) is 18.1 Å². The number of hydrogen-bond acceptors (Lipinski definition) is 3. The number of para-hydroxylation sites is 4. The highest BCUT2D eigenvalue weighted by Crippen LogP contribution is 2.35. The van der Waals surface area contributed by atoms with Gasteiger partial charge in [-0.05, 0) is 61.6 Å². The van der Waals surface area contributed by atoms with Crippen molar-refractivity contribution >= 4 is 22.6 Å². The Bertz CT molecular complexity index is 1340. The Balaban J connectivity index is 0.00000304. The molecule has 5 rings (SSSR count). The number of carbonyl (C=O) groups excluding carboxylic acids is 1. The van der Waals surface area contributed by atoms with Crippen LogP contribution in [-0.4, -0.2) is 28.6 Å². The molecule has 0 radical (unpaired) electrons. The molecule has 0 aliphatic carbocycles. The summed E-state index contributed by atoms with van der Waals surface area (Å²) in [5.74, 6) is 2.23. The number of benzene rings is 3. The smallest absolute Gasteiger partial charge is 0.227 e. The van der Waals surface area contributed by atoms with Gasteiger partial charge in [0.15, 0.2) is 0 Å². The molecule has 0 bridgehead atoms. The summed E-state index contributed by atoms with van der Waals surface area (Å²) in [5, 5.41) is 0. The van der Waals surface area contributed by atoms with Gasteiger partial charge < -0.3 is 26.6 Å². The van der Waals surface area contributed by atoms with E-state index in [2.05, 4.69) is 73.9 Å². The monoisotopic (exact) mass is 502 g/mol. The molecule has 6 heteroatoms. The molecule has 3 aromatic carbocycles. The summed E-state index contributed by atoms with van der Waals surface area (Å²) in [6, 6.07) is 22.7. The predicted molar refractivity (Wildman–Crippen MR) is 141 cm³/mol. The first-order valence-corrected chi connectivity index (χ1v) is 12.6. The van der Waals surface area contributed by atoms with Gasteiger partial charge in [-0.3, -0.25) is 4.79 Å². The lowest BCUT2D eigenvalue weighted by Crippen LogP contribution is -3.00. The Morgan fingerprint density at radius 3 is 2.47 bits per heavy atom. The fourth-order valence-corrected chi connectivity index (χ4v) is 5.25. The topological polar surface area (TPSA) is 47.4 Å². The second-order valence-electron chi connectivity index (χ2n) is 9.42. The number of fused-ring (bicyclic) bond motifs is 1. The third-order valence-electron chi connectivity index (χ3n) is 7.02. The second kappa shape index (κ2) is 11.2. The number of amides is 1. The van der Waals surface area contributed by atoms with Crippen molar-refractivity contribution in [1.29, 1.82) is 0 Å². The summed E-state index contributed by atoms with van der Waals surface area (Å²) < 4.78 is 8.47. The van der Waals surface area contributed by atoms with Crippen LogP contribution in [0.5, 0.6) is 5.75 Å². The van der Waals surface area contributed by atoms with Crippen LogP contribution in [0.4, 0.5) is 5.69 Å². The molecule has 5 nitrogen and oxygen atoms in total. The number of carbonyl (C=O) groups is 1. The van der Waals surface area contributed by atoms with Crippen LogP contribution < -0.4 is 22.0 Å². The molecule has 1 saturated heterocycles. The second-order valence-corrected chi connectivity index (χ2v) is 9.42. The summed E-state index contributed by atoms with van der Waals surface area (Å²) >= 11 is 0. The maximum absolute atomic E-state index is 13.1. The molecule has 1 aliphatic heterocycles. The summed E-state index contributed by atoms with van der Waals surface area (Å²) in [7, 11) is 0. The Morgan fingerprint density at radius 1 is 0.972 bits per heavy atom. The summed E-state index contributed by atoms with van der Waals surface area (Å²) in [6.45, 7) is 8.41. The van der Waals surface area contributed by atoms with Gasteiger partial charge in [-0.2, -0.15) is 0 Å². The summed E-state index contributed by atoms with van der Waals surface area (Å²) in [5.41, 5.74) is 6.67. The molecular weight excluding hydrogens is 470 g/mol. The number of rotatable bonds is 8. The van der Waals surface area contributed by atoms with Crippen molar-refractivity contribution in [3.63, 3.8) is 0 Å². The minimum absolute atomic E-state index is 0. The number of imidazole rings is 1. The Labute approximate surface area is 219 Å². The third kappa shape index (κ3) is 4.98. The van der Waals surface area contributed by atoms with Crippen molar-refractivity contribution in [3.8, 4) is 5.75 Å². The van der Waals surface area contributed by atoms with Crippen LogP contribution in [0.2, 0.25) is 0 Å². The van der Waals surface area contributed by atoms with Gasteiger partial charge in [-0.25, -0.2) is 4.98 Å². The molecule has 1 amide bonds. The van der Waals surface area contributed by atoms with E-state index in [1.54, 1.807) is 0 Å². The largest absolute Gasteiger partial charge is 1.00 e. The fraction of sp³-hybridized carbons (Fsp3) is 0.333. The van der Waals surface area contributed by atoms with Crippen LogP contribution in [0.25, 0.3) is 11.0 Å². The molecule has 36 heavy (non-hydrogen) atoms. The highest BCUT2D eigenvalue weighted by Gasteiger charge is 2.35. The van der Waals surface area contributed by atoms with Crippen molar-refractivity contribution in [2.24, 2.45) is 0 Å². The van der Waals surface area contributed by atoms with Gasteiger partial charge in [-0.1, -0.05) is 55.5 Å². The summed E-state index contributed by atoms with van der Waals surface area (Å²) in [4.78, 5) is 20.1. The first-order valence-electron chi connectivity index (χ1n) is 12.6. The molecule has 1 fully saturated rings. The molecule has 0 saturated carbocycles. The van der Waals surface area contributed by atoms with Gasteiger partial charge in [0, 0.05) is 31.1 Å². The maximum atomic E-state index is 13.1. The first kappa shape index (κ1) is 25.8. The lowest BCUT2D eigenvalue weighted by atomic mass is 10.1. The molecule has 1 aliphatic rings. The Hall–Kier alpha value is -3.31. The van der Waals surface area contributed by atoms with E-state index in [0.29, 0.717) is 19.6 Å². The molecule has 0 spiro atoms. The number of anilines is 1.